The van der Waals surface area contributed by atoms with Gasteiger partial charge in [0.15, 0.2) is 0 Å². The number of carbonyl (C=O) groups is 1. The lowest BCUT2D eigenvalue weighted by Crippen LogP contribution is -2.53. The van der Waals surface area contributed by atoms with E-state index in [1.807, 2.05) is 24.9 Å². The largest absolute Gasteiger partial charge is 0.361 e. The molecular formula is C18H24FN3O. The Labute approximate surface area is 136 Å². The number of aromatic nitrogens is 1. The Hall–Kier alpha value is -1.88. The summed E-state index contributed by atoms with van der Waals surface area (Å²) >= 11 is 0. The molecule has 0 atom stereocenters. The average Bonchev–Trinajstić information content (AvgIpc) is 2.98. The molecule has 0 saturated carbocycles. The number of benzene rings is 1. The zero-order chi connectivity index (χ0) is 16.6. The van der Waals surface area contributed by atoms with E-state index in [1.54, 1.807) is 6.07 Å². The van der Waals surface area contributed by atoms with Gasteiger partial charge < -0.3 is 14.8 Å². The normalized spacial score (nSPS) is 17.0. The molecule has 1 aromatic heterocycles. The zero-order valence-corrected chi connectivity index (χ0v) is 14.0. The lowest BCUT2D eigenvalue weighted by Gasteiger charge is -2.38. The van der Waals surface area contributed by atoms with E-state index in [0.29, 0.717) is 0 Å². The number of likely N-dealkylation sites (N-methyl/N-ethyl adjacent to an activating group) is 1. The molecule has 1 N–H and O–H groups in total. The number of rotatable bonds is 3. The van der Waals surface area contributed by atoms with Crippen LogP contribution in [0.2, 0.25) is 0 Å². The quantitative estimate of drug-likeness (QED) is 0.945. The SMILES string of the molecule is CCN1CCN(C(=O)C(C)(C)c2c[nH]c3ccc(F)cc23)CC1. The van der Waals surface area contributed by atoms with Crippen molar-refractivity contribution in [3.63, 3.8) is 0 Å². The third kappa shape index (κ3) is 2.85. The summed E-state index contributed by atoms with van der Waals surface area (Å²) in [6.07, 6.45) is 1.84. The number of piperazine rings is 1. The Morgan fingerprint density at radius 1 is 1.26 bits per heavy atom. The number of aromatic amines is 1. The van der Waals surface area contributed by atoms with Gasteiger partial charge in [-0.05, 0) is 44.2 Å². The number of nitrogens with one attached hydrogen (secondary N) is 1. The topological polar surface area (TPSA) is 39.3 Å². The van der Waals surface area contributed by atoms with Crippen LogP contribution >= 0.6 is 0 Å². The lowest BCUT2D eigenvalue weighted by atomic mass is 9.82. The number of carbonyl (C=O) groups excluding carboxylic acids is 1. The predicted octanol–water partition coefficient (Wildman–Crippen LogP) is 2.75. The lowest BCUT2D eigenvalue weighted by molar-refractivity contribution is -0.138. The van der Waals surface area contributed by atoms with Crippen molar-refractivity contribution < 1.29 is 9.18 Å². The molecule has 5 heteroatoms. The van der Waals surface area contributed by atoms with Crippen LogP contribution in [-0.2, 0) is 10.2 Å². The van der Waals surface area contributed by atoms with E-state index in [2.05, 4.69) is 16.8 Å². The molecule has 2 heterocycles. The van der Waals surface area contributed by atoms with Crippen LogP contribution in [0.4, 0.5) is 4.39 Å². The molecule has 0 unspecified atom stereocenters. The standard InChI is InChI=1S/C18H24FN3O/c1-4-21-7-9-22(10-8-21)17(23)18(2,3)15-12-20-16-6-5-13(19)11-14(15)16/h5-6,11-12,20H,4,7-10H2,1-3H3. The second-order valence-corrected chi connectivity index (χ2v) is 6.74. The molecular weight excluding hydrogens is 293 g/mol. The first-order valence-electron chi connectivity index (χ1n) is 8.22. The zero-order valence-electron chi connectivity index (χ0n) is 14.0. The van der Waals surface area contributed by atoms with Crippen molar-refractivity contribution in [3.8, 4) is 0 Å². The first-order chi connectivity index (χ1) is 10.9. The second-order valence-electron chi connectivity index (χ2n) is 6.74. The molecule has 2 aromatic rings. The minimum absolute atomic E-state index is 0.110. The molecule has 0 bridgehead atoms. The van der Waals surface area contributed by atoms with Gasteiger partial charge in [-0.25, -0.2) is 4.39 Å². The number of nitrogens with zero attached hydrogens (tertiary/aromatic N) is 2. The van der Waals surface area contributed by atoms with Crippen LogP contribution in [0.25, 0.3) is 10.9 Å². The molecule has 4 nitrogen and oxygen atoms in total. The number of halogens is 1. The highest BCUT2D eigenvalue weighted by molar-refractivity contribution is 5.94. The molecule has 3 rings (SSSR count). The van der Waals surface area contributed by atoms with Crippen LogP contribution in [-0.4, -0.2) is 53.4 Å². The van der Waals surface area contributed by atoms with E-state index in [4.69, 9.17) is 0 Å². The van der Waals surface area contributed by atoms with Crippen molar-refractivity contribution >= 4 is 16.8 Å². The van der Waals surface area contributed by atoms with E-state index < -0.39 is 5.41 Å². The fourth-order valence-corrected chi connectivity index (χ4v) is 3.39. The molecule has 124 valence electrons. The Balaban J connectivity index is 1.87. The summed E-state index contributed by atoms with van der Waals surface area (Å²) in [5, 5.41) is 0.788. The maximum Gasteiger partial charge on any atom is 0.232 e. The minimum Gasteiger partial charge on any atom is -0.361 e. The van der Waals surface area contributed by atoms with Gasteiger partial charge in [0.05, 0.1) is 5.41 Å². The number of hydrogen-bond donors (Lipinski definition) is 1. The van der Waals surface area contributed by atoms with Gasteiger partial charge in [-0.15, -0.1) is 0 Å². The number of H-pyrrole nitrogens is 1. The first-order valence-corrected chi connectivity index (χ1v) is 8.22. The van der Waals surface area contributed by atoms with Crippen molar-refractivity contribution in [1.82, 2.24) is 14.8 Å². The van der Waals surface area contributed by atoms with Crippen molar-refractivity contribution in [2.45, 2.75) is 26.2 Å². The maximum atomic E-state index is 13.6. The smallest absolute Gasteiger partial charge is 0.232 e. The molecule has 1 aliphatic rings. The van der Waals surface area contributed by atoms with Crippen LogP contribution in [0.3, 0.4) is 0 Å². The van der Waals surface area contributed by atoms with Crippen LogP contribution in [0.1, 0.15) is 26.3 Å². The van der Waals surface area contributed by atoms with Gasteiger partial charge in [-0.2, -0.15) is 0 Å². The van der Waals surface area contributed by atoms with Gasteiger partial charge in [-0.3, -0.25) is 4.79 Å². The highest BCUT2D eigenvalue weighted by Crippen LogP contribution is 2.32. The van der Waals surface area contributed by atoms with E-state index >= 15 is 0 Å². The van der Waals surface area contributed by atoms with E-state index in [9.17, 15) is 9.18 Å². The van der Waals surface area contributed by atoms with Crippen molar-refractivity contribution in [2.75, 3.05) is 32.7 Å². The Morgan fingerprint density at radius 3 is 2.61 bits per heavy atom. The molecule has 1 aliphatic heterocycles. The molecule has 0 aliphatic carbocycles. The number of hydrogen-bond acceptors (Lipinski definition) is 2. The summed E-state index contributed by atoms with van der Waals surface area (Å²) in [4.78, 5) is 20.5. The second kappa shape index (κ2) is 5.96. The van der Waals surface area contributed by atoms with Gasteiger partial charge in [0.2, 0.25) is 5.91 Å². The number of fused-ring (bicyclic) bond motifs is 1. The summed E-state index contributed by atoms with van der Waals surface area (Å²) in [5.74, 6) is -0.170. The summed E-state index contributed by atoms with van der Waals surface area (Å²) in [6, 6.07) is 4.65. The maximum absolute atomic E-state index is 13.6. The van der Waals surface area contributed by atoms with Crippen LogP contribution in [0, 0.1) is 5.82 Å². The fourth-order valence-electron chi connectivity index (χ4n) is 3.39. The van der Waals surface area contributed by atoms with Crippen LogP contribution < -0.4 is 0 Å². The molecule has 1 aromatic carbocycles. The summed E-state index contributed by atoms with van der Waals surface area (Å²) < 4.78 is 13.6. The Morgan fingerprint density at radius 2 is 1.96 bits per heavy atom. The number of amides is 1. The monoisotopic (exact) mass is 317 g/mol. The fraction of sp³-hybridized carbons (Fsp3) is 0.500. The van der Waals surface area contributed by atoms with Gasteiger partial charge in [0.25, 0.3) is 0 Å². The third-order valence-electron chi connectivity index (χ3n) is 4.96. The van der Waals surface area contributed by atoms with Gasteiger partial charge >= 0.3 is 0 Å². The van der Waals surface area contributed by atoms with Gasteiger partial charge in [-0.1, -0.05) is 6.92 Å². The van der Waals surface area contributed by atoms with Crippen LogP contribution in [0.5, 0.6) is 0 Å². The summed E-state index contributed by atoms with van der Waals surface area (Å²) in [5.41, 5.74) is 1.04. The molecule has 1 amide bonds. The Bertz CT molecular complexity index is 714. The van der Waals surface area contributed by atoms with E-state index in [0.717, 1.165) is 49.2 Å². The molecule has 0 radical (unpaired) electrons. The summed E-state index contributed by atoms with van der Waals surface area (Å²) in [6.45, 7) is 10.4. The molecule has 23 heavy (non-hydrogen) atoms. The average molecular weight is 317 g/mol. The predicted molar refractivity (Wildman–Crippen MR) is 90.0 cm³/mol. The molecule has 1 fully saturated rings. The molecule has 0 spiro atoms. The van der Waals surface area contributed by atoms with E-state index in [1.165, 1.54) is 12.1 Å². The highest BCUT2D eigenvalue weighted by atomic mass is 19.1. The molecule has 1 saturated heterocycles. The van der Waals surface area contributed by atoms with Crippen molar-refractivity contribution in [1.29, 1.82) is 0 Å². The van der Waals surface area contributed by atoms with E-state index in [-0.39, 0.29) is 11.7 Å². The first kappa shape index (κ1) is 16.0. The minimum atomic E-state index is -0.680. The Kier molecular flexibility index (Phi) is 4.15. The van der Waals surface area contributed by atoms with Crippen LogP contribution in [0.15, 0.2) is 24.4 Å². The third-order valence-corrected chi connectivity index (χ3v) is 4.96. The van der Waals surface area contributed by atoms with Crippen molar-refractivity contribution in [3.05, 3.63) is 35.8 Å². The highest BCUT2D eigenvalue weighted by Gasteiger charge is 2.36. The van der Waals surface area contributed by atoms with Crippen molar-refractivity contribution in [2.24, 2.45) is 0 Å². The van der Waals surface area contributed by atoms with Gasteiger partial charge in [0, 0.05) is 43.3 Å². The van der Waals surface area contributed by atoms with Gasteiger partial charge in [0.1, 0.15) is 5.82 Å². The summed E-state index contributed by atoms with van der Waals surface area (Å²) in [7, 11) is 0.